The molecule has 1 N–H and O–H groups in total. The molecular formula is C14H19N3O. The molecule has 0 bridgehead atoms. The van der Waals surface area contributed by atoms with Gasteiger partial charge in [0.05, 0.1) is 18.6 Å². The van der Waals surface area contributed by atoms with Gasteiger partial charge in [0.1, 0.15) is 0 Å². The van der Waals surface area contributed by atoms with Crippen molar-refractivity contribution >= 4 is 5.91 Å². The number of hydrogen-bond donors (Lipinski definition) is 1. The second-order valence-electron chi connectivity index (χ2n) is 4.07. The summed E-state index contributed by atoms with van der Waals surface area (Å²) in [5.41, 5.74) is 2.48. The fraction of sp³-hybridized carbons (Fsp3) is 0.286. The number of rotatable bonds is 5. The van der Waals surface area contributed by atoms with Gasteiger partial charge in [-0.25, -0.2) is 4.98 Å². The van der Waals surface area contributed by atoms with Gasteiger partial charge in [0, 0.05) is 18.8 Å². The van der Waals surface area contributed by atoms with Crippen LogP contribution < -0.4 is 5.32 Å². The number of aromatic nitrogens is 2. The van der Waals surface area contributed by atoms with Crippen molar-refractivity contribution in [3.05, 3.63) is 54.2 Å². The Morgan fingerprint density at radius 1 is 1.56 bits per heavy atom. The fourth-order valence-electron chi connectivity index (χ4n) is 1.24. The summed E-state index contributed by atoms with van der Waals surface area (Å²) in [6.07, 6.45) is 8.98. The molecule has 1 amide bonds. The zero-order chi connectivity index (χ0) is 13.5. The number of aryl methyl sites for hydroxylation is 1. The minimum atomic E-state index is -0.170. The summed E-state index contributed by atoms with van der Waals surface area (Å²) in [5.74, 6) is -0.170. The molecule has 0 unspecified atom stereocenters. The Kier molecular flexibility index (Phi) is 5.11. The lowest BCUT2D eigenvalue weighted by molar-refractivity contribution is -0.117. The van der Waals surface area contributed by atoms with Gasteiger partial charge >= 0.3 is 0 Å². The van der Waals surface area contributed by atoms with Gasteiger partial charge in [-0.2, -0.15) is 0 Å². The lowest BCUT2D eigenvalue weighted by Crippen LogP contribution is -2.24. The maximum Gasteiger partial charge on any atom is 0.250 e. The molecule has 0 aliphatic rings. The second-order valence-corrected chi connectivity index (χ2v) is 4.07. The predicted octanol–water partition coefficient (Wildman–Crippen LogP) is 2.11. The number of nitrogens with zero attached hydrogens (tertiary/aromatic N) is 2. The van der Waals surface area contributed by atoms with Gasteiger partial charge in [-0.1, -0.05) is 24.3 Å². The largest absolute Gasteiger partial charge is 0.346 e. The van der Waals surface area contributed by atoms with Crippen molar-refractivity contribution in [2.75, 3.05) is 0 Å². The van der Waals surface area contributed by atoms with E-state index in [4.69, 9.17) is 0 Å². The Labute approximate surface area is 108 Å². The van der Waals surface area contributed by atoms with E-state index in [-0.39, 0.29) is 5.91 Å². The van der Waals surface area contributed by atoms with Crippen LogP contribution in [0.1, 0.15) is 19.5 Å². The Morgan fingerprint density at radius 3 is 2.83 bits per heavy atom. The summed E-state index contributed by atoms with van der Waals surface area (Å²) in [5, 5.41) is 2.80. The molecule has 4 heteroatoms. The molecule has 0 saturated carbocycles. The van der Waals surface area contributed by atoms with E-state index >= 15 is 0 Å². The van der Waals surface area contributed by atoms with Crippen LogP contribution in [-0.4, -0.2) is 15.5 Å². The Hall–Kier alpha value is -2.10. The van der Waals surface area contributed by atoms with Gasteiger partial charge in [-0.15, -0.1) is 0 Å². The van der Waals surface area contributed by atoms with Crippen molar-refractivity contribution in [1.82, 2.24) is 14.9 Å². The maximum atomic E-state index is 11.7. The molecule has 1 aromatic rings. The molecule has 0 spiro atoms. The second kappa shape index (κ2) is 6.59. The van der Waals surface area contributed by atoms with Crippen LogP contribution in [0.2, 0.25) is 0 Å². The molecule has 96 valence electrons. The zero-order valence-corrected chi connectivity index (χ0v) is 11.1. The molecule has 0 radical (unpaired) electrons. The third kappa shape index (κ3) is 4.05. The molecule has 0 aliphatic carbocycles. The number of carbonyl (C=O) groups excluding carboxylic acids is 1. The number of hydrogen-bond acceptors (Lipinski definition) is 2. The number of nitrogens with one attached hydrogen (secondary N) is 1. The third-order valence-electron chi connectivity index (χ3n) is 2.64. The first-order valence-electron chi connectivity index (χ1n) is 5.78. The van der Waals surface area contributed by atoms with E-state index in [1.807, 2.05) is 37.6 Å². The predicted molar refractivity (Wildman–Crippen MR) is 72.8 cm³/mol. The first-order valence-corrected chi connectivity index (χ1v) is 5.78. The average molecular weight is 245 g/mol. The molecule has 0 saturated heterocycles. The van der Waals surface area contributed by atoms with E-state index in [0.717, 1.165) is 11.3 Å². The van der Waals surface area contributed by atoms with Crippen LogP contribution in [0, 0.1) is 0 Å². The van der Waals surface area contributed by atoms with E-state index in [2.05, 4.69) is 16.9 Å². The van der Waals surface area contributed by atoms with Crippen LogP contribution >= 0.6 is 0 Å². The lowest BCUT2D eigenvalue weighted by atomic mass is 10.2. The first kappa shape index (κ1) is 14.0. The molecule has 0 aliphatic heterocycles. The first-order chi connectivity index (χ1) is 8.54. The fourth-order valence-corrected chi connectivity index (χ4v) is 1.24. The normalized spacial score (nSPS) is 11.8. The van der Waals surface area contributed by atoms with Gasteiger partial charge in [0.15, 0.2) is 0 Å². The summed E-state index contributed by atoms with van der Waals surface area (Å²) in [6.45, 7) is 8.10. The summed E-state index contributed by atoms with van der Waals surface area (Å²) in [4.78, 5) is 15.7. The van der Waals surface area contributed by atoms with E-state index in [1.54, 1.807) is 18.6 Å². The van der Waals surface area contributed by atoms with Gasteiger partial charge in [-0.3, -0.25) is 4.79 Å². The van der Waals surface area contributed by atoms with Crippen molar-refractivity contribution in [3.8, 4) is 0 Å². The van der Waals surface area contributed by atoms with E-state index in [9.17, 15) is 4.79 Å². The molecule has 18 heavy (non-hydrogen) atoms. The van der Waals surface area contributed by atoms with Crippen LogP contribution in [-0.2, 0) is 18.4 Å². The van der Waals surface area contributed by atoms with Gasteiger partial charge in [-0.05, 0) is 19.9 Å². The quantitative estimate of drug-likeness (QED) is 0.638. The Morgan fingerprint density at radius 2 is 2.28 bits per heavy atom. The number of carbonyl (C=O) groups is 1. The van der Waals surface area contributed by atoms with Gasteiger partial charge in [0.2, 0.25) is 0 Å². The Balaban J connectivity index is 2.49. The standard InChI is InChI=1S/C14H19N3O/c1-5-11(2)6-7-12(3)14(18)16-9-13-8-15-10-17(13)4/h5-8,10H,3,9H2,1-2,4H3,(H,16,18)/b7-6-,11-5-. The van der Waals surface area contributed by atoms with E-state index < -0.39 is 0 Å². The topological polar surface area (TPSA) is 46.9 Å². The molecular weight excluding hydrogens is 226 g/mol. The van der Waals surface area contributed by atoms with Crippen LogP contribution in [0.15, 0.2) is 48.5 Å². The lowest BCUT2D eigenvalue weighted by Gasteiger charge is -2.05. The number of allylic oxidation sites excluding steroid dienone is 3. The van der Waals surface area contributed by atoms with E-state index in [0.29, 0.717) is 12.1 Å². The van der Waals surface area contributed by atoms with Crippen LogP contribution in [0.3, 0.4) is 0 Å². The summed E-state index contributed by atoms with van der Waals surface area (Å²) < 4.78 is 1.86. The monoisotopic (exact) mass is 245 g/mol. The molecule has 0 fully saturated rings. The molecule has 1 rings (SSSR count). The highest BCUT2D eigenvalue weighted by Gasteiger charge is 2.04. The highest BCUT2D eigenvalue weighted by atomic mass is 16.1. The summed E-state index contributed by atoms with van der Waals surface area (Å²) in [7, 11) is 1.89. The highest BCUT2D eigenvalue weighted by Crippen LogP contribution is 2.01. The van der Waals surface area contributed by atoms with Gasteiger partial charge < -0.3 is 9.88 Å². The van der Waals surface area contributed by atoms with Crippen molar-refractivity contribution < 1.29 is 4.79 Å². The zero-order valence-electron chi connectivity index (χ0n) is 11.1. The van der Waals surface area contributed by atoms with E-state index in [1.165, 1.54) is 0 Å². The number of imidazole rings is 1. The summed E-state index contributed by atoms with van der Waals surface area (Å²) >= 11 is 0. The van der Waals surface area contributed by atoms with Crippen LogP contribution in [0.25, 0.3) is 0 Å². The highest BCUT2D eigenvalue weighted by molar-refractivity contribution is 5.95. The molecule has 0 aromatic carbocycles. The SMILES string of the molecule is C=C(/C=C\C(C)=C/C)C(=O)NCc1cncn1C. The molecule has 4 nitrogen and oxygen atoms in total. The van der Waals surface area contributed by atoms with Crippen molar-refractivity contribution in [3.63, 3.8) is 0 Å². The van der Waals surface area contributed by atoms with Crippen LogP contribution in [0.4, 0.5) is 0 Å². The van der Waals surface area contributed by atoms with Crippen molar-refractivity contribution in [2.45, 2.75) is 20.4 Å². The Bertz CT molecular complexity index is 495. The van der Waals surface area contributed by atoms with Gasteiger partial charge in [0.25, 0.3) is 5.91 Å². The minimum Gasteiger partial charge on any atom is -0.346 e. The van der Waals surface area contributed by atoms with Crippen molar-refractivity contribution in [2.24, 2.45) is 7.05 Å². The van der Waals surface area contributed by atoms with Crippen LogP contribution in [0.5, 0.6) is 0 Å². The summed E-state index contributed by atoms with van der Waals surface area (Å²) in [6, 6.07) is 0. The van der Waals surface area contributed by atoms with Crippen molar-refractivity contribution in [1.29, 1.82) is 0 Å². The maximum absolute atomic E-state index is 11.7. The number of amides is 1. The minimum absolute atomic E-state index is 0.170. The average Bonchev–Trinajstić information content (AvgIpc) is 2.78. The third-order valence-corrected chi connectivity index (χ3v) is 2.64. The molecule has 1 aromatic heterocycles. The smallest absolute Gasteiger partial charge is 0.250 e. The molecule has 0 atom stereocenters. The molecule has 1 heterocycles.